The van der Waals surface area contributed by atoms with Gasteiger partial charge in [0.2, 0.25) is 22.8 Å². The number of carbonyl (C=O) groups is 4. The molecule has 170 valence electrons. The molecule has 0 saturated heterocycles. The minimum absolute atomic E-state index is 0.0241. The van der Waals surface area contributed by atoms with Crippen LogP contribution in [0.1, 0.15) is 43.5 Å². The van der Waals surface area contributed by atoms with Gasteiger partial charge in [0.25, 0.3) is 0 Å². The first-order chi connectivity index (χ1) is 15.7. The van der Waals surface area contributed by atoms with Gasteiger partial charge in [-0.05, 0) is 47.1 Å². The summed E-state index contributed by atoms with van der Waals surface area (Å²) in [6, 6.07) is 15.1. The van der Waals surface area contributed by atoms with Crippen molar-refractivity contribution in [2.45, 2.75) is 33.1 Å². The summed E-state index contributed by atoms with van der Waals surface area (Å²) < 4.78 is 17.8. The maximum absolute atomic E-state index is 13.1. The molecule has 2 aromatic rings. The maximum atomic E-state index is 13.1. The monoisotopic (exact) mass is 466 g/mol. The number of carbonyl (C=O) groups excluding carboxylic acids is 4. The predicted molar refractivity (Wildman–Crippen MR) is 123 cm³/mol. The van der Waals surface area contributed by atoms with Crippen LogP contribution in [0.5, 0.6) is 0 Å². The minimum Gasteiger partial charge on any atom is -0.325 e. The van der Waals surface area contributed by atoms with Crippen LogP contribution in [0, 0.1) is 16.7 Å². The molecule has 0 radical (unpaired) electrons. The summed E-state index contributed by atoms with van der Waals surface area (Å²) in [5.74, 6) is -2.02. The smallest absolute Gasteiger partial charge is 0.325 e. The first-order valence-electron chi connectivity index (χ1n) is 10.9. The summed E-state index contributed by atoms with van der Waals surface area (Å²) >= 11 is 0. The normalized spacial score (nSPS) is 23.5. The van der Waals surface area contributed by atoms with Crippen molar-refractivity contribution in [1.29, 1.82) is 0 Å². The number of benzene rings is 2. The molecule has 0 spiro atoms. The molecule has 4 rings (SSSR count). The third-order valence-corrected chi connectivity index (χ3v) is 8.20. The Morgan fingerprint density at radius 1 is 1.06 bits per heavy atom. The van der Waals surface area contributed by atoms with Crippen molar-refractivity contribution in [3.05, 3.63) is 60.2 Å². The lowest BCUT2D eigenvalue weighted by atomic mass is 9.68. The van der Waals surface area contributed by atoms with Gasteiger partial charge in [0, 0.05) is 23.6 Å². The van der Waals surface area contributed by atoms with Gasteiger partial charge in [-0.2, -0.15) is 0 Å². The Kier molecular flexibility index (Phi) is 6.12. The molecule has 2 saturated carbocycles. The number of ketones is 3. The fourth-order valence-electron chi connectivity index (χ4n) is 5.05. The zero-order chi connectivity index (χ0) is 23.8. The molecular weight excluding hydrogens is 441 g/mol. The molecule has 3 unspecified atom stereocenters. The second-order valence-corrected chi connectivity index (χ2v) is 10.3. The lowest BCUT2D eigenvalue weighted by Crippen LogP contribution is -2.47. The van der Waals surface area contributed by atoms with Crippen LogP contribution in [0.25, 0.3) is 0 Å². The van der Waals surface area contributed by atoms with Gasteiger partial charge >= 0.3 is 8.03 Å². The third-order valence-electron chi connectivity index (χ3n) is 7.06. The van der Waals surface area contributed by atoms with Crippen LogP contribution in [-0.4, -0.2) is 29.9 Å². The molecule has 2 aliphatic carbocycles. The summed E-state index contributed by atoms with van der Waals surface area (Å²) in [7, 11) is -2.17. The van der Waals surface area contributed by atoms with Gasteiger partial charge in [-0.15, -0.1) is 4.52 Å². The Labute approximate surface area is 192 Å². The van der Waals surface area contributed by atoms with Crippen molar-refractivity contribution in [2.24, 2.45) is 16.7 Å². The molecule has 2 fully saturated rings. The topological polar surface area (TPSA) is 107 Å². The van der Waals surface area contributed by atoms with E-state index in [1.54, 1.807) is 62.4 Å². The fraction of sp³-hybridized carbons (Fsp3) is 0.360. The number of rotatable bonds is 8. The number of fused-ring (bicyclic) bond motifs is 2. The van der Waals surface area contributed by atoms with Crippen LogP contribution in [0.15, 0.2) is 54.6 Å². The number of hydrogen-bond acceptors (Lipinski definition) is 6. The van der Waals surface area contributed by atoms with E-state index in [4.69, 9.17) is 4.52 Å². The van der Waals surface area contributed by atoms with Crippen LogP contribution >= 0.6 is 8.03 Å². The van der Waals surface area contributed by atoms with Gasteiger partial charge in [-0.3, -0.25) is 19.2 Å². The third kappa shape index (κ3) is 3.85. The standard InChI is InChI=1S/C25H24NO6P/c1-24(2)19-12-14-25(24,22(29)21(19)28)23(30)26-17-8-10-18(11-9-17)33(31)32-15-13-20(27)16-6-4-3-5-7-16/h3-11,19H,12-15H2,1-2H3/p+1. The lowest BCUT2D eigenvalue weighted by molar-refractivity contribution is -0.147. The van der Waals surface area contributed by atoms with E-state index in [2.05, 4.69) is 5.32 Å². The summed E-state index contributed by atoms with van der Waals surface area (Å²) in [5.41, 5.74) is -1.05. The molecule has 8 heteroatoms. The number of Topliss-reactive ketones (excluding diaryl/α,β-unsaturated/α-hetero) is 3. The van der Waals surface area contributed by atoms with Crippen LogP contribution in [-0.2, 0) is 23.5 Å². The Bertz CT molecular complexity index is 1140. The van der Waals surface area contributed by atoms with Crippen LogP contribution in [0.2, 0.25) is 0 Å². The molecule has 1 amide bonds. The highest BCUT2D eigenvalue weighted by atomic mass is 31.1. The average molecular weight is 466 g/mol. The highest BCUT2D eigenvalue weighted by molar-refractivity contribution is 7.48. The van der Waals surface area contributed by atoms with Crippen LogP contribution < -0.4 is 10.6 Å². The first kappa shape index (κ1) is 23.1. The van der Waals surface area contributed by atoms with Gasteiger partial charge in [0.1, 0.15) is 12.0 Å². The SMILES string of the molecule is CC1(C)C2CCC1(C(=O)Nc1ccc([P+](=O)OCCC(=O)c3ccccc3)cc1)C(=O)C2=O. The fourth-order valence-corrected chi connectivity index (χ4v) is 5.85. The molecule has 2 bridgehead atoms. The van der Waals surface area contributed by atoms with Gasteiger partial charge in [0.15, 0.2) is 5.78 Å². The van der Waals surface area contributed by atoms with E-state index in [0.717, 1.165) is 0 Å². The lowest BCUT2D eigenvalue weighted by Gasteiger charge is -2.33. The zero-order valence-corrected chi connectivity index (χ0v) is 19.4. The van der Waals surface area contributed by atoms with Gasteiger partial charge < -0.3 is 5.32 Å². The second-order valence-electron chi connectivity index (χ2n) is 9.04. The largest absolute Gasteiger partial charge is 0.548 e. The second kappa shape index (κ2) is 8.73. The first-order valence-corrected chi connectivity index (χ1v) is 12.0. The summed E-state index contributed by atoms with van der Waals surface area (Å²) in [5, 5.41) is 3.18. The molecule has 0 heterocycles. The zero-order valence-electron chi connectivity index (χ0n) is 18.5. The molecular formula is C25H25NO6P+. The van der Waals surface area contributed by atoms with E-state index < -0.39 is 42.2 Å². The quantitative estimate of drug-likeness (QED) is 0.274. The van der Waals surface area contributed by atoms with Crippen molar-refractivity contribution in [1.82, 2.24) is 0 Å². The van der Waals surface area contributed by atoms with Crippen molar-refractivity contribution >= 4 is 42.3 Å². The van der Waals surface area contributed by atoms with Gasteiger partial charge in [0.05, 0.1) is 0 Å². The number of amides is 1. The van der Waals surface area contributed by atoms with Crippen LogP contribution in [0.4, 0.5) is 5.69 Å². The molecule has 3 atom stereocenters. The van der Waals surface area contributed by atoms with Crippen molar-refractivity contribution < 1.29 is 28.3 Å². The van der Waals surface area contributed by atoms with Crippen molar-refractivity contribution in [3.63, 3.8) is 0 Å². The molecule has 0 aromatic heterocycles. The van der Waals surface area contributed by atoms with Gasteiger partial charge in [-0.25, -0.2) is 0 Å². The van der Waals surface area contributed by atoms with Crippen molar-refractivity contribution in [2.75, 3.05) is 11.9 Å². The Morgan fingerprint density at radius 2 is 1.73 bits per heavy atom. The minimum atomic E-state index is -2.17. The van der Waals surface area contributed by atoms with Crippen molar-refractivity contribution in [3.8, 4) is 0 Å². The Balaban J connectivity index is 1.35. The van der Waals surface area contributed by atoms with E-state index in [-0.39, 0.29) is 18.8 Å². The van der Waals surface area contributed by atoms with E-state index in [9.17, 15) is 23.7 Å². The molecule has 1 N–H and O–H groups in total. The van der Waals surface area contributed by atoms with Crippen LogP contribution in [0.3, 0.4) is 0 Å². The predicted octanol–water partition coefficient (Wildman–Crippen LogP) is 3.86. The summed E-state index contributed by atoms with van der Waals surface area (Å²) in [6.07, 6.45) is 1.01. The Morgan fingerprint density at radius 3 is 2.33 bits per heavy atom. The number of anilines is 1. The molecule has 2 aliphatic rings. The molecule has 33 heavy (non-hydrogen) atoms. The van der Waals surface area contributed by atoms with E-state index >= 15 is 0 Å². The number of hydrogen-bond donors (Lipinski definition) is 1. The maximum Gasteiger partial charge on any atom is 0.548 e. The molecule has 0 aliphatic heterocycles. The van der Waals surface area contributed by atoms with E-state index in [1.165, 1.54) is 0 Å². The Hall–Kier alpha value is -3.02. The highest BCUT2D eigenvalue weighted by Gasteiger charge is 2.72. The van der Waals surface area contributed by atoms with E-state index in [1.807, 2.05) is 6.07 Å². The number of nitrogens with one attached hydrogen (secondary N) is 1. The molecule has 2 aromatic carbocycles. The molecule has 7 nitrogen and oxygen atoms in total. The van der Waals surface area contributed by atoms with E-state index in [0.29, 0.717) is 29.4 Å². The highest BCUT2D eigenvalue weighted by Crippen LogP contribution is 2.62. The van der Waals surface area contributed by atoms with Gasteiger partial charge in [-0.1, -0.05) is 44.2 Å². The summed E-state index contributed by atoms with van der Waals surface area (Å²) in [4.78, 5) is 50.1. The summed E-state index contributed by atoms with van der Waals surface area (Å²) in [6.45, 7) is 3.64. The average Bonchev–Trinajstić information content (AvgIpc) is 3.16.